The van der Waals surface area contributed by atoms with Gasteiger partial charge in [0.25, 0.3) is 0 Å². The van der Waals surface area contributed by atoms with Crippen molar-refractivity contribution in [2.45, 2.75) is 38.6 Å². The van der Waals surface area contributed by atoms with Crippen molar-refractivity contribution in [2.75, 3.05) is 18.6 Å². The molecule has 128 valence electrons. The maximum atomic E-state index is 11.7. The predicted octanol–water partition coefficient (Wildman–Crippen LogP) is 2.74. The molecule has 0 aliphatic carbocycles. The molecule has 0 radical (unpaired) electrons. The van der Waals surface area contributed by atoms with E-state index in [0.717, 1.165) is 32.2 Å². The van der Waals surface area contributed by atoms with Crippen LogP contribution in [0.5, 0.6) is 5.75 Å². The van der Waals surface area contributed by atoms with Crippen molar-refractivity contribution in [3.63, 3.8) is 0 Å². The number of hydrogen-bond acceptors (Lipinski definition) is 5. The van der Waals surface area contributed by atoms with Crippen LogP contribution in [-0.4, -0.2) is 45.8 Å². The first-order chi connectivity index (χ1) is 11.7. The highest BCUT2D eigenvalue weighted by Crippen LogP contribution is 2.29. The van der Waals surface area contributed by atoms with Crippen LogP contribution in [0, 0.1) is 0 Å². The van der Waals surface area contributed by atoms with E-state index in [4.69, 9.17) is 4.74 Å². The van der Waals surface area contributed by atoms with E-state index in [2.05, 4.69) is 22.0 Å². The highest BCUT2D eigenvalue weighted by molar-refractivity contribution is 5.91. The van der Waals surface area contributed by atoms with Gasteiger partial charge < -0.3 is 14.7 Å². The summed E-state index contributed by atoms with van der Waals surface area (Å²) in [5.41, 5.74) is 0.611. The van der Waals surface area contributed by atoms with Gasteiger partial charge in [0, 0.05) is 12.6 Å². The fraction of sp³-hybridized carbons (Fsp3) is 0.471. The summed E-state index contributed by atoms with van der Waals surface area (Å²) in [5, 5.41) is 18.3. The average Bonchev–Trinajstić information content (AvgIpc) is 3.07. The number of carbonyl (C=O) groups is 1. The van der Waals surface area contributed by atoms with E-state index >= 15 is 0 Å². The molecule has 1 N–H and O–H groups in total. The van der Waals surface area contributed by atoms with Gasteiger partial charge in [-0.25, -0.2) is 4.79 Å². The van der Waals surface area contributed by atoms with E-state index in [1.165, 1.54) is 4.80 Å². The number of aromatic nitrogens is 3. The highest BCUT2D eigenvalue weighted by Gasteiger charge is 2.29. The van der Waals surface area contributed by atoms with Gasteiger partial charge >= 0.3 is 5.97 Å². The number of carboxylic acids is 1. The van der Waals surface area contributed by atoms with Gasteiger partial charge in [-0.1, -0.05) is 19.1 Å². The monoisotopic (exact) mass is 330 g/mol. The molecule has 2 aromatic rings. The number of hydrogen-bond donors (Lipinski definition) is 1. The van der Waals surface area contributed by atoms with Crippen LogP contribution in [0.15, 0.2) is 24.3 Å². The molecule has 1 aromatic heterocycles. The van der Waals surface area contributed by atoms with E-state index in [1.54, 1.807) is 13.2 Å². The molecule has 3 rings (SSSR count). The Morgan fingerprint density at radius 1 is 1.33 bits per heavy atom. The average molecular weight is 330 g/mol. The molecule has 1 atom stereocenters. The zero-order valence-corrected chi connectivity index (χ0v) is 14.0. The number of piperidine rings is 1. The fourth-order valence-electron chi connectivity index (χ4n) is 3.24. The summed E-state index contributed by atoms with van der Waals surface area (Å²) in [6, 6.07) is 7.61. The summed E-state index contributed by atoms with van der Waals surface area (Å²) in [4.78, 5) is 15.1. The molecule has 1 fully saturated rings. The molecule has 7 heteroatoms. The largest absolute Gasteiger partial charge is 0.494 e. The van der Waals surface area contributed by atoms with Crippen LogP contribution >= 0.6 is 0 Å². The minimum atomic E-state index is -1.06. The standard InChI is InChI=1S/C17H22N4O3/c1-3-12-8-6-7-11-20(12)16-15(17(22)23)18-21(19-16)13-9-4-5-10-14(13)24-2/h4-5,9-10,12H,3,6-8,11H2,1-2H3,(H,22,23)/t12-/m1/s1. The van der Waals surface area contributed by atoms with E-state index < -0.39 is 5.97 Å². The number of para-hydroxylation sites is 2. The van der Waals surface area contributed by atoms with E-state index in [1.807, 2.05) is 18.2 Å². The maximum absolute atomic E-state index is 11.7. The summed E-state index contributed by atoms with van der Waals surface area (Å²) in [6.45, 7) is 2.93. The lowest BCUT2D eigenvalue weighted by molar-refractivity contribution is 0.0690. The molecule has 0 unspecified atom stereocenters. The minimum absolute atomic E-state index is 0.0127. The first-order valence-electron chi connectivity index (χ1n) is 8.26. The van der Waals surface area contributed by atoms with Crippen LogP contribution < -0.4 is 9.64 Å². The van der Waals surface area contributed by atoms with Crippen molar-refractivity contribution in [2.24, 2.45) is 0 Å². The highest BCUT2D eigenvalue weighted by atomic mass is 16.5. The third-order valence-electron chi connectivity index (χ3n) is 4.47. The third kappa shape index (κ3) is 2.93. The van der Waals surface area contributed by atoms with E-state index in [9.17, 15) is 9.90 Å². The molecule has 0 saturated carbocycles. The number of anilines is 1. The van der Waals surface area contributed by atoms with E-state index in [-0.39, 0.29) is 5.69 Å². The second-order valence-corrected chi connectivity index (χ2v) is 5.89. The Morgan fingerprint density at radius 2 is 2.12 bits per heavy atom. The molecule has 1 aromatic carbocycles. The van der Waals surface area contributed by atoms with Crippen molar-refractivity contribution < 1.29 is 14.6 Å². The molecular formula is C17H22N4O3. The van der Waals surface area contributed by atoms with Gasteiger partial charge in [0.15, 0.2) is 5.82 Å². The zero-order chi connectivity index (χ0) is 17.1. The van der Waals surface area contributed by atoms with Crippen LogP contribution in [0.2, 0.25) is 0 Å². The number of carboxylic acid groups (broad SMARTS) is 1. The van der Waals surface area contributed by atoms with Gasteiger partial charge in [-0.05, 0) is 37.8 Å². The Hall–Kier alpha value is -2.57. The van der Waals surface area contributed by atoms with Crippen molar-refractivity contribution >= 4 is 11.8 Å². The lowest BCUT2D eigenvalue weighted by Gasteiger charge is -2.35. The summed E-state index contributed by atoms with van der Waals surface area (Å²) in [7, 11) is 1.57. The second kappa shape index (κ2) is 6.90. The first kappa shape index (κ1) is 16.3. The van der Waals surface area contributed by atoms with E-state index in [0.29, 0.717) is 23.3 Å². The lowest BCUT2D eigenvalue weighted by atomic mass is 10.00. The Labute approximate surface area is 140 Å². The predicted molar refractivity (Wildman–Crippen MR) is 90.1 cm³/mol. The quantitative estimate of drug-likeness (QED) is 0.908. The van der Waals surface area contributed by atoms with Crippen LogP contribution in [-0.2, 0) is 0 Å². The maximum Gasteiger partial charge on any atom is 0.360 e. The SMILES string of the molecule is CC[C@@H]1CCCCN1c1nn(-c2ccccc2OC)nc1C(=O)O. The second-order valence-electron chi connectivity index (χ2n) is 5.89. The zero-order valence-electron chi connectivity index (χ0n) is 14.0. The number of ether oxygens (including phenoxy) is 1. The van der Waals surface area contributed by atoms with Crippen molar-refractivity contribution in [1.29, 1.82) is 0 Å². The lowest BCUT2D eigenvalue weighted by Crippen LogP contribution is -2.40. The number of aromatic carboxylic acids is 1. The molecule has 1 aliphatic rings. The summed E-state index contributed by atoms with van der Waals surface area (Å²) in [6.07, 6.45) is 4.22. The van der Waals surface area contributed by atoms with Gasteiger partial charge in [0.05, 0.1) is 7.11 Å². The smallest absolute Gasteiger partial charge is 0.360 e. The number of benzene rings is 1. The summed E-state index contributed by atoms with van der Waals surface area (Å²) in [5.74, 6) is -0.0202. The van der Waals surface area contributed by atoms with Gasteiger partial charge in [0.2, 0.25) is 5.69 Å². The van der Waals surface area contributed by atoms with Crippen LogP contribution in [0.3, 0.4) is 0 Å². The topological polar surface area (TPSA) is 80.5 Å². The van der Waals surface area contributed by atoms with Gasteiger partial charge in [0.1, 0.15) is 11.4 Å². The molecule has 0 amide bonds. The van der Waals surface area contributed by atoms with Gasteiger partial charge in [-0.2, -0.15) is 0 Å². The molecule has 2 heterocycles. The molecule has 1 aliphatic heterocycles. The Balaban J connectivity index is 2.07. The number of nitrogens with zero attached hydrogens (tertiary/aromatic N) is 4. The Bertz CT molecular complexity index is 728. The molecule has 24 heavy (non-hydrogen) atoms. The molecule has 0 bridgehead atoms. The van der Waals surface area contributed by atoms with Gasteiger partial charge in [-0.15, -0.1) is 15.0 Å². The number of rotatable bonds is 5. The van der Waals surface area contributed by atoms with Crippen molar-refractivity contribution in [3.8, 4) is 11.4 Å². The Kier molecular flexibility index (Phi) is 4.69. The van der Waals surface area contributed by atoms with Crippen LogP contribution in [0.25, 0.3) is 5.69 Å². The third-order valence-corrected chi connectivity index (χ3v) is 4.47. The molecule has 1 saturated heterocycles. The van der Waals surface area contributed by atoms with Crippen LogP contribution in [0.4, 0.5) is 5.82 Å². The summed E-state index contributed by atoms with van der Waals surface area (Å²) >= 11 is 0. The van der Waals surface area contributed by atoms with Crippen molar-refractivity contribution in [1.82, 2.24) is 15.0 Å². The number of methoxy groups -OCH3 is 1. The van der Waals surface area contributed by atoms with Crippen molar-refractivity contribution in [3.05, 3.63) is 30.0 Å². The first-order valence-corrected chi connectivity index (χ1v) is 8.26. The summed E-state index contributed by atoms with van der Waals surface area (Å²) < 4.78 is 5.34. The molecule has 7 nitrogen and oxygen atoms in total. The molecular weight excluding hydrogens is 308 g/mol. The van der Waals surface area contributed by atoms with Crippen LogP contribution in [0.1, 0.15) is 43.1 Å². The minimum Gasteiger partial charge on any atom is -0.494 e. The fourth-order valence-corrected chi connectivity index (χ4v) is 3.24. The van der Waals surface area contributed by atoms with Gasteiger partial charge in [-0.3, -0.25) is 0 Å². The normalized spacial score (nSPS) is 17.8. The molecule has 0 spiro atoms. The Morgan fingerprint density at radius 3 is 2.83 bits per heavy atom.